The number of ether oxygens (including phenoxy) is 2. The average molecular weight is 517 g/mol. The van der Waals surface area contributed by atoms with E-state index in [1.807, 2.05) is 60.9 Å². The van der Waals surface area contributed by atoms with Gasteiger partial charge in [0.2, 0.25) is 0 Å². The smallest absolute Gasteiger partial charge is 0.328 e. The lowest BCUT2D eigenvalue weighted by Gasteiger charge is -2.20. The molecule has 2 aromatic carbocycles. The van der Waals surface area contributed by atoms with E-state index in [1.54, 1.807) is 17.8 Å². The first-order valence-electron chi connectivity index (χ1n) is 11.6. The average Bonchev–Trinajstić information content (AvgIpc) is 2.85. The molecule has 190 valence electrons. The quantitative estimate of drug-likeness (QED) is 0.153. The summed E-state index contributed by atoms with van der Waals surface area (Å²) >= 11 is 5.81. The van der Waals surface area contributed by atoms with Crippen LogP contribution in [0.4, 0.5) is 0 Å². The van der Waals surface area contributed by atoms with Gasteiger partial charge in [0.1, 0.15) is 11.8 Å². The lowest BCUT2D eigenvalue weighted by Crippen LogP contribution is -2.42. The van der Waals surface area contributed by atoms with Crippen molar-refractivity contribution < 1.29 is 19.1 Å². The molecule has 0 aliphatic rings. The first-order chi connectivity index (χ1) is 16.8. The molecule has 8 heteroatoms. The van der Waals surface area contributed by atoms with Gasteiger partial charge in [-0.05, 0) is 53.7 Å². The summed E-state index contributed by atoms with van der Waals surface area (Å²) in [4.78, 5) is 25.7. The normalized spacial score (nSPS) is 13.9. The van der Waals surface area contributed by atoms with Crippen molar-refractivity contribution in [3.63, 3.8) is 0 Å². The minimum atomic E-state index is -0.728. The number of rotatable bonds is 13. The zero-order valence-electron chi connectivity index (χ0n) is 20.8. The second-order valence-electron chi connectivity index (χ2n) is 8.50. The molecule has 0 saturated carbocycles. The summed E-state index contributed by atoms with van der Waals surface area (Å²) in [6.45, 7) is 4.65. The Morgan fingerprint density at radius 2 is 1.86 bits per heavy atom. The van der Waals surface area contributed by atoms with E-state index in [0.717, 1.165) is 16.9 Å². The van der Waals surface area contributed by atoms with Gasteiger partial charge >= 0.3 is 5.97 Å². The molecule has 2 rings (SSSR count). The Morgan fingerprint density at radius 3 is 2.46 bits per heavy atom. The second kappa shape index (κ2) is 14.9. The van der Waals surface area contributed by atoms with E-state index in [0.29, 0.717) is 30.3 Å². The van der Waals surface area contributed by atoms with Crippen LogP contribution in [0.3, 0.4) is 0 Å². The molecule has 0 fully saturated rings. The molecule has 1 unspecified atom stereocenters. The Hall–Kier alpha value is -2.42. The molecule has 0 heterocycles. The van der Waals surface area contributed by atoms with Crippen LogP contribution < -0.4 is 15.8 Å². The molecule has 1 amide bonds. The van der Waals surface area contributed by atoms with Crippen LogP contribution in [0.15, 0.2) is 60.7 Å². The number of nitrogens with one attached hydrogen (secondary N) is 1. The molecule has 0 saturated heterocycles. The van der Waals surface area contributed by atoms with Gasteiger partial charge in [-0.15, -0.1) is 0 Å². The van der Waals surface area contributed by atoms with Gasteiger partial charge in [-0.25, -0.2) is 4.79 Å². The molecule has 0 aliphatic heterocycles. The number of amides is 1. The maximum Gasteiger partial charge on any atom is 0.328 e. The fraction of sp³-hybridized carbons (Fsp3) is 0.407. The van der Waals surface area contributed by atoms with Gasteiger partial charge < -0.3 is 20.5 Å². The maximum atomic E-state index is 13.4. The number of nitrogens with two attached hydrogens (primary N) is 1. The summed E-state index contributed by atoms with van der Waals surface area (Å²) in [5.74, 6) is 0.941. The summed E-state index contributed by atoms with van der Waals surface area (Å²) in [5, 5.41) is 2.53. The molecule has 0 aromatic heterocycles. The van der Waals surface area contributed by atoms with Gasteiger partial charge in [0.15, 0.2) is 0 Å². The van der Waals surface area contributed by atoms with Crippen molar-refractivity contribution in [3.05, 3.63) is 66.2 Å². The van der Waals surface area contributed by atoms with Crippen molar-refractivity contribution in [2.45, 2.75) is 31.7 Å². The Kier molecular flexibility index (Phi) is 12.2. The summed E-state index contributed by atoms with van der Waals surface area (Å²) in [6, 6.07) is 14.4. The van der Waals surface area contributed by atoms with E-state index in [2.05, 4.69) is 31.8 Å². The van der Waals surface area contributed by atoms with Crippen LogP contribution in [-0.2, 0) is 9.53 Å². The Labute approximate surface area is 218 Å². The van der Waals surface area contributed by atoms with Crippen molar-refractivity contribution >= 4 is 36.3 Å². The number of benzene rings is 2. The first-order valence-corrected chi connectivity index (χ1v) is 13.5. The van der Waals surface area contributed by atoms with E-state index < -0.39 is 12.0 Å². The highest BCUT2D eigenvalue weighted by Crippen LogP contribution is 2.28. The highest BCUT2D eigenvalue weighted by Gasteiger charge is 2.24. The Morgan fingerprint density at radius 1 is 1.14 bits per heavy atom. The fourth-order valence-electron chi connectivity index (χ4n) is 3.45. The van der Waals surface area contributed by atoms with Crippen LogP contribution >= 0.6 is 24.4 Å². The van der Waals surface area contributed by atoms with Crippen molar-refractivity contribution in [3.8, 4) is 16.9 Å². The highest BCUT2D eigenvalue weighted by molar-refractivity contribution is 7.98. The number of methoxy groups -OCH3 is 1. The number of esters is 1. The van der Waals surface area contributed by atoms with Crippen molar-refractivity contribution in [1.29, 1.82) is 0 Å². The molecule has 0 aliphatic carbocycles. The van der Waals surface area contributed by atoms with Crippen LogP contribution in [-0.4, -0.2) is 49.0 Å². The van der Waals surface area contributed by atoms with E-state index in [4.69, 9.17) is 15.2 Å². The zero-order valence-corrected chi connectivity index (χ0v) is 22.5. The SMILES string of the molecule is COC(=O)[C@H](CCSC)NC(=O)c1cc(OC[C@@H](/C=C/C(N)S)C(C)C)ccc1-c1ccccc1. The van der Waals surface area contributed by atoms with Gasteiger partial charge in [-0.2, -0.15) is 24.4 Å². The lowest BCUT2D eigenvalue weighted by atomic mass is 9.96. The van der Waals surface area contributed by atoms with Crippen molar-refractivity contribution in [2.75, 3.05) is 25.7 Å². The topological polar surface area (TPSA) is 90.6 Å². The maximum absolute atomic E-state index is 13.4. The standard InChI is InChI=1S/C27H36N2O4S2/c1-18(2)20(10-13-25(28)34)17-33-21-11-12-22(19-8-6-5-7-9-19)23(16-21)26(30)29-24(14-15-35-4)27(31)32-3/h5-13,16,18,20,24-25,34H,14-15,17,28H2,1-4H3,(H,29,30)/b13-10+/t20-,24+,25?/m1/s1. The zero-order chi connectivity index (χ0) is 25.8. The molecule has 0 radical (unpaired) electrons. The van der Waals surface area contributed by atoms with Crippen LogP contribution in [0.1, 0.15) is 30.6 Å². The van der Waals surface area contributed by atoms with Crippen LogP contribution in [0.25, 0.3) is 11.1 Å². The lowest BCUT2D eigenvalue weighted by molar-refractivity contribution is -0.142. The van der Waals surface area contributed by atoms with Crippen LogP contribution in [0, 0.1) is 11.8 Å². The van der Waals surface area contributed by atoms with E-state index in [1.165, 1.54) is 7.11 Å². The summed E-state index contributed by atoms with van der Waals surface area (Å²) < 4.78 is 11.0. The molecular weight excluding hydrogens is 480 g/mol. The third-order valence-corrected chi connectivity index (χ3v) is 6.39. The largest absolute Gasteiger partial charge is 0.493 e. The summed E-state index contributed by atoms with van der Waals surface area (Å²) in [7, 11) is 1.32. The minimum absolute atomic E-state index is 0.134. The van der Waals surface area contributed by atoms with Gasteiger partial charge in [0, 0.05) is 5.92 Å². The second-order valence-corrected chi connectivity index (χ2v) is 10.1. The molecule has 3 N–H and O–H groups in total. The van der Waals surface area contributed by atoms with E-state index in [9.17, 15) is 9.59 Å². The van der Waals surface area contributed by atoms with E-state index >= 15 is 0 Å². The van der Waals surface area contributed by atoms with Gasteiger partial charge in [-0.3, -0.25) is 4.79 Å². The number of thioether (sulfide) groups is 1. The molecule has 2 aromatic rings. The van der Waals surface area contributed by atoms with Gasteiger partial charge in [-0.1, -0.05) is 56.3 Å². The first kappa shape index (κ1) is 28.8. The number of thiol groups is 1. The molecule has 0 bridgehead atoms. The molecule has 0 spiro atoms. The number of hydrogen-bond donors (Lipinski definition) is 3. The third-order valence-electron chi connectivity index (χ3n) is 5.58. The molecular formula is C27H36N2O4S2. The summed E-state index contributed by atoms with van der Waals surface area (Å²) in [6.07, 6.45) is 6.29. The Balaban J connectivity index is 2.34. The van der Waals surface area contributed by atoms with E-state index in [-0.39, 0.29) is 17.2 Å². The highest BCUT2D eigenvalue weighted by atomic mass is 32.2. The predicted molar refractivity (Wildman–Crippen MR) is 148 cm³/mol. The van der Waals surface area contributed by atoms with Gasteiger partial charge in [0.05, 0.1) is 24.7 Å². The van der Waals surface area contributed by atoms with Crippen molar-refractivity contribution in [2.24, 2.45) is 17.6 Å². The predicted octanol–water partition coefficient (Wildman–Crippen LogP) is 4.80. The number of carbonyl (C=O) groups excluding carboxylic acids is 2. The number of carbonyl (C=O) groups is 2. The molecule has 35 heavy (non-hydrogen) atoms. The fourth-order valence-corrected chi connectivity index (χ4v) is 4.02. The summed E-state index contributed by atoms with van der Waals surface area (Å²) in [5.41, 5.74) is 7.82. The van der Waals surface area contributed by atoms with Crippen LogP contribution in [0.2, 0.25) is 0 Å². The Bertz CT molecular complexity index is 980. The monoisotopic (exact) mass is 516 g/mol. The molecule has 6 nitrogen and oxygen atoms in total. The minimum Gasteiger partial charge on any atom is -0.493 e. The third kappa shape index (κ3) is 9.28. The number of hydrogen-bond acceptors (Lipinski definition) is 7. The van der Waals surface area contributed by atoms with Crippen molar-refractivity contribution in [1.82, 2.24) is 5.32 Å². The van der Waals surface area contributed by atoms with Gasteiger partial charge in [0.25, 0.3) is 5.91 Å². The molecule has 3 atom stereocenters. The van der Waals surface area contributed by atoms with Crippen LogP contribution in [0.5, 0.6) is 5.75 Å².